The molecule has 1 aliphatic rings. The van der Waals surface area contributed by atoms with Crippen LogP contribution in [0.25, 0.3) is 0 Å². The first kappa shape index (κ1) is 20.5. The second-order valence-corrected chi connectivity index (χ2v) is 7.28. The number of halogens is 1. The number of nitro groups is 1. The van der Waals surface area contributed by atoms with Crippen LogP contribution in [0.5, 0.6) is 0 Å². The Morgan fingerprint density at radius 1 is 1.48 bits per heavy atom. The first-order valence-electron chi connectivity index (χ1n) is 8.80. The third-order valence-electron chi connectivity index (χ3n) is 4.44. The lowest BCUT2D eigenvalue weighted by Crippen LogP contribution is -2.32. The minimum atomic E-state index is -0.543. The molecule has 1 fully saturated rings. The first-order valence-corrected chi connectivity index (χ1v) is 9.21. The summed E-state index contributed by atoms with van der Waals surface area (Å²) in [4.78, 5) is 28.6. The topological polar surface area (TPSA) is 104 Å². The minimum Gasteiger partial charge on any atom is -0.442 e. The first-order chi connectivity index (χ1) is 13.7. The van der Waals surface area contributed by atoms with Crippen LogP contribution < -0.4 is 15.1 Å². The highest BCUT2D eigenvalue weighted by Gasteiger charge is 2.32. The Labute approximate surface area is 171 Å². The molecule has 0 saturated carbocycles. The zero-order chi connectivity index (χ0) is 21.1. The van der Waals surface area contributed by atoms with Crippen molar-refractivity contribution in [1.82, 2.24) is 10.3 Å². The van der Waals surface area contributed by atoms with Gasteiger partial charge in [0.1, 0.15) is 17.6 Å². The Morgan fingerprint density at radius 3 is 2.86 bits per heavy atom. The van der Waals surface area contributed by atoms with Gasteiger partial charge in [0.15, 0.2) is 0 Å². The highest BCUT2D eigenvalue weighted by molar-refractivity contribution is 7.80. The van der Waals surface area contributed by atoms with Gasteiger partial charge in [0.05, 0.1) is 36.0 Å². The molecule has 0 bridgehead atoms. The van der Waals surface area contributed by atoms with Crippen LogP contribution in [0.15, 0.2) is 30.3 Å². The number of carbonyl (C=O) groups excluding carboxylic acids is 1. The van der Waals surface area contributed by atoms with E-state index >= 15 is 0 Å². The molecule has 11 heteroatoms. The van der Waals surface area contributed by atoms with Crippen molar-refractivity contribution >= 4 is 40.5 Å². The lowest BCUT2D eigenvalue weighted by molar-refractivity contribution is -0.389. The van der Waals surface area contributed by atoms with Gasteiger partial charge in [-0.15, -0.1) is 0 Å². The lowest BCUT2D eigenvalue weighted by Gasteiger charge is -2.20. The second-order valence-electron chi connectivity index (χ2n) is 6.67. The number of thiocarbonyl (C=S) groups is 1. The van der Waals surface area contributed by atoms with Crippen molar-refractivity contribution in [2.24, 2.45) is 0 Å². The fourth-order valence-electron chi connectivity index (χ4n) is 3.04. The molecule has 2 aromatic rings. The smallest absolute Gasteiger partial charge is 0.414 e. The summed E-state index contributed by atoms with van der Waals surface area (Å²) in [5.74, 6) is -0.639. The van der Waals surface area contributed by atoms with Crippen molar-refractivity contribution in [1.29, 1.82) is 0 Å². The molecule has 0 radical (unpaired) electrons. The molecule has 0 aliphatic carbocycles. The number of cyclic esters (lactones) is 1. The Bertz CT molecular complexity index is 950. The Balaban J connectivity index is 1.68. The summed E-state index contributed by atoms with van der Waals surface area (Å²) in [6, 6.07) is 7.40. The number of rotatable bonds is 7. The third-order valence-corrected chi connectivity index (χ3v) is 4.59. The predicted octanol–water partition coefficient (Wildman–Crippen LogP) is 2.96. The van der Waals surface area contributed by atoms with Gasteiger partial charge in [-0.3, -0.25) is 4.90 Å². The van der Waals surface area contributed by atoms with Crippen molar-refractivity contribution in [3.05, 3.63) is 52.0 Å². The molecule has 2 N–H and O–H groups in total. The summed E-state index contributed by atoms with van der Waals surface area (Å²) >= 11 is 4.94. The van der Waals surface area contributed by atoms with E-state index in [0.717, 1.165) is 0 Å². The van der Waals surface area contributed by atoms with Crippen molar-refractivity contribution in [3.8, 4) is 0 Å². The van der Waals surface area contributed by atoms with Gasteiger partial charge in [0.25, 0.3) is 0 Å². The van der Waals surface area contributed by atoms with E-state index in [0.29, 0.717) is 28.6 Å². The highest BCUT2D eigenvalue weighted by Crippen LogP contribution is 2.28. The maximum absolute atomic E-state index is 14.7. The van der Waals surface area contributed by atoms with E-state index in [1.807, 2.05) is 0 Å². The molecular weight excluding hydrogens is 401 g/mol. The van der Waals surface area contributed by atoms with Gasteiger partial charge in [0.2, 0.25) is 0 Å². The summed E-state index contributed by atoms with van der Waals surface area (Å²) < 4.78 is 20.0. The number of carbonyl (C=O) groups is 1. The molecule has 1 aromatic heterocycles. The molecular formula is C18H20FN5O4S. The van der Waals surface area contributed by atoms with Gasteiger partial charge >= 0.3 is 11.9 Å². The minimum absolute atomic E-state index is 0.121. The fraction of sp³-hybridized carbons (Fsp3) is 0.333. The molecule has 3 rings (SSSR count). The Kier molecular flexibility index (Phi) is 5.97. The number of hydrogen-bond acceptors (Lipinski definition) is 6. The maximum atomic E-state index is 14.7. The normalized spacial score (nSPS) is 15.9. The van der Waals surface area contributed by atoms with Gasteiger partial charge in [-0.2, -0.15) is 0 Å². The van der Waals surface area contributed by atoms with Crippen LogP contribution >= 0.6 is 12.2 Å². The molecule has 154 valence electrons. The van der Waals surface area contributed by atoms with E-state index in [2.05, 4.69) is 10.3 Å². The molecule has 0 unspecified atom stereocenters. The maximum Gasteiger partial charge on any atom is 0.414 e. The van der Waals surface area contributed by atoms with Crippen molar-refractivity contribution in [3.63, 3.8) is 0 Å². The average molecular weight is 421 g/mol. The van der Waals surface area contributed by atoms with Crippen LogP contribution in [-0.2, 0) is 11.3 Å². The van der Waals surface area contributed by atoms with Crippen LogP contribution in [0.2, 0.25) is 0 Å². The average Bonchev–Trinajstić information content (AvgIpc) is 3.26. The van der Waals surface area contributed by atoms with Crippen molar-refractivity contribution < 1.29 is 18.8 Å². The Morgan fingerprint density at radius 2 is 2.24 bits per heavy atom. The molecule has 2 heterocycles. The van der Waals surface area contributed by atoms with Gasteiger partial charge in [0, 0.05) is 13.1 Å². The number of ether oxygens (including phenoxy) is 1. The molecule has 1 atom stereocenters. The standard InChI is InChI=1S/C18H20FN5O4S/c1-11(29)20-8-14-10-23(18(25)28-14)13-4-5-16(15(19)7-13)22(2)9-12-3-6-17(21-12)24(26)27/h3-7,14,21H,8-10H2,1-2H3,(H,20,29)/t14-/m0/s1. The number of aromatic nitrogens is 1. The van der Waals surface area contributed by atoms with E-state index < -0.39 is 16.8 Å². The number of nitrogens with one attached hydrogen (secondary N) is 2. The fourth-order valence-corrected chi connectivity index (χ4v) is 3.12. The van der Waals surface area contributed by atoms with Crippen LogP contribution in [0.1, 0.15) is 12.6 Å². The summed E-state index contributed by atoms with van der Waals surface area (Å²) in [6.07, 6.45) is -0.924. The highest BCUT2D eigenvalue weighted by atomic mass is 32.1. The van der Waals surface area contributed by atoms with Crippen molar-refractivity contribution in [2.75, 3.05) is 29.9 Å². The van der Waals surface area contributed by atoms with E-state index in [-0.39, 0.29) is 25.0 Å². The SMILES string of the molecule is CC(=S)NC[C@H]1CN(c2ccc(N(C)Cc3ccc([N+](=O)[O-])[nH]3)c(F)c2)C(=O)O1. The van der Waals surface area contributed by atoms with Crippen LogP contribution in [0.3, 0.4) is 0 Å². The lowest BCUT2D eigenvalue weighted by atomic mass is 10.2. The second kappa shape index (κ2) is 8.43. The summed E-state index contributed by atoms with van der Waals surface area (Å²) in [6.45, 7) is 2.67. The summed E-state index contributed by atoms with van der Waals surface area (Å²) in [7, 11) is 1.67. The van der Waals surface area contributed by atoms with E-state index in [1.165, 1.54) is 17.0 Å². The zero-order valence-corrected chi connectivity index (χ0v) is 16.7. The molecule has 1 aromatic carbocycles. The number of H-pyrrole nitrogens is 1. The van der Waals surface area contributed by atoms with E-state index in [1.54, 1.807) is 37.1 Å². The molecule has 1 amide bonds. The third kappa shape index (κ3) is 4.80. The quantitative estimate of drug-likeness (QED) is 0.402. The van der Waals surface area contributed by atoms with Gasteiger partial charge in [-0.05, 0) is 36.1 Å². The monoisotopic (exact) mass is 421 g/mol. The molecule has 1 aliphatic heterocycles. The Hall–Kier alpha value is -3.21. The van der Waals surface area contributed by atoms with Gasteiger partial charge in [-0.1, -0.05) is 12.2 Å². The zero-order valence-electron chi connectivity index (χ0n) is 15.8. The molecule has 29 heavy (non-hydrogen) atoms. The number of nitrogens with zero attached hydrogens (tertiary/aromatic N) is 3. The van der Waals surface area contributed by atoms with E-state index in [4.69, 9.17) is 17.0 Å². The summed E-state index contributed by atoms with van der Waals surface area (Å²) in [5, 5.41) is 13.7. The van der Waals surface area contributed by atoms with Crippen LogP contribution in [0.4, 0.5) is 26.4 Å². The van der Waals surface area contributed by atoms with Gasteiger partial charge < -0.3 is 25.1 Å². The number of benzene rings is 1. The van der Waals surface area contributed by atoms with Crippen LogP contribution in [-0.4, -0.2) is 47.2 Å². The largest absolute Gasteiger partial charge is 0.442 e. The van der Waals surface area contributed by atoms with Crippen molar-refractivity contribution in [2.45, 2.75) is 19.6 Å². The number of amides is 1. The summed E-state index contributed by atoms with van der Waals surface area (Å²) in [5.41, 5.74) is 1.27. The molecule has 1 saturated heterocycles. The van der Waals surface area contributed by atoms with Gasteiger partial charge in [-0.25, -0.2) is 14.2 Å². The number of hydrogen-bond donors (Lipinski definition) is 2. The molecule has 9 nitrogen and oxygen atoms in total. The number of aromatic amines is 1. The van der Waals surface area contributed by atoms with E-state index in [9.17, 15) is 19.3 Å². The number of anilines is 2. The molecule has 0 spiro atoms. The predicted molar refractivity (Wildman–Crippen MR) is 110 cm³/mol. The van der Waals surface area contributed by atoms with Crippen LogP contribution in [0, 0.1) is 15.9 Å².